The third kappa shape index (κ3) is 6.04. The zero-order valence-corrected chi connectivity index (χ0v) is 16.2. The van der Waals surface area contributed by atoms with Crippen molar-refractivity contribution in [3.05, 3.63) is 29.3 Å². The summed E-state index contributed by atoms with van der Waals surface area (Å²) in [5, 5.41) is 2.69. The summed E-state index contributed by atoms with van der Waals surface area (Å²) in [6.07, 6.45) is -0.358. The Bertz CT molecular complexity index is 760. The van der Waals surface area contributed by atoms with E-state index >= 15 is 0 Å². The molecule has 0 bridgehead atoms. The highest BCUT2D eigenvalue weighted by atomic mass is 32.2. The Hall–Kier alpha value is -1.54. The maximum Gasteiger partial charge on any atom is 0.316 e. The van der Waals surface area contributed by atoms with Crippen LogP contribution in [-0.2, 0) is 24.2 Å². The summed E-state index contributed by atoms with van der Waals surface area (Å²) in [7, 11) is -2.96. The summed E-state index contributed by atoms with van der Waals surface area (Å²) in [6, 6.07) is 5.72. The number of nitrogens with one attached hydrogen (secondary N) is 1. The molecule has 138 valence electrons. The second-order valence-electron chi connectivity index (χ2n) is 6.28. The molecule has 0 aromatic heterocycles. The molecule has 0 unspecified atom stereocenters. The van der Waals surface area contributed by atoms with Crippen LogP contribution in [0.4, 0.5) is 5.69 Å². The molecule has 2 atom stereocenters. The van der Waals surface area contributed by atoms with Gasteiger partial charge in [-0.15, -0.1) is 11.8 Å². The predicted molar refractivity (Wildman–Crippen MR) is 99.6 cm³/mol. The van der Waals surface area contributed by atoms with Gasteiger partial charge in [0.15, 0.2) is 15.9 Å². The van der Waals surface area contributed by atoms with Crippen molar-refractivity contribution in [3.8, 4) is 0 Å². The van der Waals surface area contributed by atoms with Crippen LogP contribution >= 0.6 is 11.8 Å². The quantitative estimate of drug-likeness (QED) is 0.754. The van der Waals surface area contributed by atoms with Gasteiger partial charge in [0, 0.05) is 10.9 Å². The van der Waals surface area contributed by atoms with Crippen LogP contribution in [0.1, 0.15) is 24.5 Å². The first kappa shape index (κ1) is 19.8. The number of sulfone groups is 1. The van der Waals surface area contributed by atoms with Crippen LogP contribution in [-0.4, -0.2) is 48.9 Å². The highest BCUT2D eigenvalue weighted by molar-refractivity contribution is 8.02. The Morgan fingerprint density at radius 2 is 2.08 bits per heavy atom. The number of hydrogen-bond donors (Lipinski definition) is 1. The van der Waals surface area contributed by atoms with Gasteiger partial charge in [-0.1, -0.05) is 12.1 Å². The van der Waals surface area contributed by atoms with Gasteiger partial charge < -0.3 is 10.1 Å². The molecule has 1 saturated heterocycles. The van der Waals surface area contributed by atoms with Crippen molar-refractivity contribution in [3.63, 3.8) is 0 Å². The Morgan fingerprint density at radius 3 is 2.72 bits per heavy atom. The molecule has 0 radical (unpaired) electrons. The lowest BCUT2D eigenvalue weighted by molar-refractivity contribution is -0.150. The lowest BCUT2D eigenvalue weighted by Crippen LogP contribution is -2.31. The molecule has 1 aliphatic rings. The van der Waals surface area contributed by atoms with Crippen molar-refractivity contribution in [2.75, 3.05) is 22.6 Å². The second-order valence-corrected chi connectivity index (χ2v) is 9.79. The molecule has 8 heteroatoms. The van der Waals surface area contributed by atoms with E-state index in [9.17, 15) is 18.0 Å². The van der Waals surface area contributed by atoms with E-state index in [2.05, 4.69) is 5.32 Å². The number of benzene rings is 1. The Kier molecular flexibility index (Phi) is 6.51. The maximum absolute atomic E-state index is 12.2. The maximum atomic E-state index is 12.2. The predicted octanol–water partition coefficient (Wildman–Crippen LogP) is 2.09. The Morgan fingerprint density at radius 1 is 1.36 bits per heavy atom. The number of anilines is 1. The largest absolute Gasteiger partial charge is 0.452 e. The molecule has 1 aromatic carbocycles. The first-order valence-electron chi connectivity index (χ1n) is 8.06. The van der Waals surface area contributed by atoms with Crippen LogP contribution in [0.2, 0.25) is 0 Å². The van der Waals surface area contributed by atoms with Crippen molar-refractivity contribution in [1.82, 2.24) is 0 Å². The van der Waals surface area contributed by atoms with E-state index in [0.717, 1.165) is 11.1 Å². The smallest absolute Gasteiger partial charge is 0.316 e. The van der Waals surface area contributed by atoms with Crippen LogP contribution < -0.4 is 5.32 Å². The SMILES string of the molecule is Cc1ccc(C)c(NC(=O)[C@@H](C)OC(=O)CS[C@@H]2CCS(=O)(=O)C2)c1. The number of carbonyl (C=O) groups is 2. The van der Waals surface area contributed by atoms with Gasteiger partial charge >= 0.3 is 5.97 Å². The van der Waals surface area contributed by atoms with Gasteiger partial charge in [-0.05, 0) is 44.4 Å². The number of carbonyl (C=O) groups excluding carboxylic acids is 2. The third-order valence-corrected chi connectivity index (χ3v) is 7.21. The zero-order chi connectivity index (χ0) is 18.6. The molecule has 6 nitrogen and oxygen atoms in total. The van der Waals surface area contributed by atoms with Gasteiger partial charge in [0.05, 0.1) is 17.3 Å². The summed E-state index contributed by atoms with van der Waals surface area (Å²) in [4.78, 5) is 24.1. The molecule has 2 rings (SSSR count). The van der Waals surface area contributed by atoms with E-state index in [-0.39, 0.29) is 22.5 Å². The molecule has 0 spiro atoms. The molecule has 1 N–H and O–H groups in total. The number of hydrogen-bond acceptors (Lipinski definition) is 6. The third-order valence-electron chi connectivity index (χ3n) is 3.96. The van der Waals surface area contributed by atoms with Gasteiger partial charge in [-0.25, -0.2) is 8.42 Å². The molecule has 1 aliphatic heterocycles. The Balaban J connectivity index is 1.80. The summed E-state index contributed by atoms with van der Waals surface area (Å²) in [6.45, 7) is 5.33. The first-order valence-corrected chi connectivity index (χ1v) is 10.9. The van der Waals surface area contributed by atoms with Crippen molar-refractivity contribution in [2.45, 2.75) is 38.5 Å². The molecule has 25 heavy (non-hydrogen) atoms. The minimum Gasteiger partial charge on any atom is -0.452 e. The van der Waals surface area contributed by atoms with Crippen LogP contribution in [0.3, 0.4) is 0 Å². The number of thioether (sulfide) groups is 1. The van der Waals surface area contributed by atoms with Crippen molar-refractivity contribution < 1.29 is 22.7 Å². The molecule has 1 heterocycles. The lowest BCUT2D eigenvalue weighted by atomic mass is 10.1. The summed E-state index contributed by atoms with van der Waals surface area (Å²) in [5.41, 5.74) is 2.64. The van der Waals surface area contributed by atoms with E-state index in [1.807, 2.05) is 32.0 Å². The average molecular weight is 386 g/mol. The number of aryl methyl sites for hydroxylation is 2. The van der Waals surface area contributed by atoms with Crippen LogP contribution in [0, 0.1) is 13.8 Å². The summed E-state index contributed by atoms with van der Waals surface area (Å²) in [5.74, 6) is -0.586. The number of esters is 1. The van der Waals surface area contributed by atoms with E-state index in [4.69, 9.17) is 4.74 Å². The van der Waals surface area contributed by atoms with Gasteiger partial charge in [0.1, 0.15) is 0 Å². The fraction of sp³-hybridized carbons (Fsp3) is 0.529. The normalized spacial score (nSPS) is 20.0. The minimum atomic E-state index is -2.96. The fourth-order valence-electron chi connectivity index (χ4n) is 2.47. The van der Waals surface area contributed by atoms with E-state index in [1.54, 1.807) is 0 Å². The molecular weight excluding hydrogens is 362 g/mol. The number of ether oxygens (including phenoxy) is 1. The Labute approximate surface area is 152 Å². The molecule has 1 amide bonds. The highest BCUT2D eigenvalue weighted by Gasteiger charge is 2.29. The van der Waals surface area contributed by atoms with Gasteiger partial charge in [-0.3, -0.25) is 9.59 Å². The number of rotatable bonds is 6. The van der Waals surface area contributed by atoms with Gasteiger partial charge in [0.2, 0.25) is 0 Å². The van der Waals surface area contributed by atoms with Crippen molar-refractivity contribution >= 4 is 39.2 Å². The van der Waals surface area contributed by atoms with Gasteiger partial charge in [-0.2, -0.15) is 0 Å². The average Bonchev–Trinajstić information content (AvgIpc) is 2.88. The lowest BCUT2D eigenvalue weighted by Gasteiger charge is -2.15. The first-order chi connectivity index (χ1) is 11.7. The van der Waals surface area contributed by atoms with Crippen molar-refractivity contribution in [2.24, 2.45) is 0 Å². The molecule has 1 aromatic rings. The van der Waals surface area contributed by atoms with Gasteiger partial charge in [0.25, 0.3) is 5.91 Å². The highest BCUT2D eigenvalue weighted by Crippen LogP contribution is 2.24. The molecule has 0 aliphatic carbocycles. The van der Waals surface area contributed by atoms with Crippen LogP contribution in [0.15, 0.2) is 18.2 Å². The number of amides is 1. The summed E-state index contributed by atoms with van der Waals surface area (Å²) >= 11 is 1.27. The van der Waals surface area contributed by atoms with Crippen LogP contribution in [0.5, 0.6) is 0 Å². The minimum absolute atomic E-state index is 0.0429. The molecule has 0 saturated carbocycles. The zero-order valence-electron chi connectivity index (χ0n) is 14.6. The topological polar surface area (TPSA) is 89.5 Å². The fourth-order valence-corrected chi connectivity index (χ4v) is 5.89. The molecule has 1 fully saturated rings. The van der Waals surface area contributed by atoms with E-state index in [1.165, 1.54) is 18.7 Å². The standard InChI is InChI=1S/C17H23NO5S2/c1-11-4-5-12(2)15(8-11)18-17(20)13(3)23-16(19)9-24-14-6-7-25(21,22)10-14/h4-5,8,13-14H,6-7,9-10H2,1-3H3,(H,18,20)/t13-,14-/m1/s1. The molecular formula is C17H23NO5S2. The van der Waals surface area contributed by atoms with Crippen molar-refractivity contribution in [1.29, 1.82) is 0 Å². The van der Waals surface area contributed by atoms with Crippen LogP contribution in [0.25, 0.3) is 0 Å². The summed E-state index contributed by atoms with van der Waals surface area (Å²) < 4.78 is 27.9. The van der Waals surface area contributed by atoms with E-state index in [0.29, 0.717) is 12.1 Å². The second kappa shape index (κ2) is 8.23. The van der Waals surface area contributed by atoms with E-state index < -0.39 is 27.8 Å². The monoisotopic (exact) mass is 385 g/mol.